The molecule has 0 spiro atoms. The topological polar surface area (TPSA) is 65.2 Å². The van der Waals surface area contributed by atoms with Crippen molar-refractivity contribution in [1.82, 2.24) is 9.97 Å². The molecule has 2 aromatic heterocycles. The summed E-state index contributed by atoms with van der Waals surface area (Å²) < 4.78 is 10.7. The minimum absolute atomic E-state index is 0.0426. The van der Waals surface area contributed by atoms with Gasteiger partial charge in [-0.2, -0.15) is 0 Å². The van der Waals surface area contributed by atoms with Gasteiger partial charge in [-0.25, -0.2) is 9.78 Å². The minimum Gasteiger partial charge on any atom is -0.454 e. The van der Waals surface area contributed by atoms with E-state index in [1.165, 1.54) is 0 Å². The monoisotopic (exact) mass is 280 g/mol. The molecule has 0 fully saturated rings. The average Bonchev–Trinajstić information content (AvgIpc) is 3.03. The first-order valence-corrected chi connectivity index (χ1v) is 6.40. The lowest BCUT2D eigenvalue weighted by atomic mass is 10.2. The van der Waals surface area contributed by atoms with E-state index in [9.17, 15) is 4.79 Å². The summed E-state index contributed by atoms with van der Waals surface area (Å²) in [5.41, 5.74) is 1.33. The molecular formula is C16H12N2O3. The van der Waals surface area contributed by atoms with Crippen LogP contribution >= 0.6 is 0 Å². The predicted octanol–water partition coefficient (Wildman–Crippen LogP) is 3.09. The molecule has 0 radical (unpaired) electrons. The average molecular weight is 280 g/mol. The van der Waals surface area contributed by atoms with E-state index in [0.29, 0.717) is 17.2 Å². The number of carbonyl (C=O) groups excluding carboxylic acids is 1. The Morgan fingerprint density at radius 2 is 1.86 bits per heavy atom. The van der Waals surface area contributed by atoms with E-state index in [1.54, 1.807) is 30.7 Å². The molecule has 0 aliphatic heterocycles. The van der Waals surface area contributed by atoms with E-state index < -0.39 is 5.97 Å². The van der Waals surface area contributed by atoms with Gasteiger partial charge in [-0.1, -0.05) is 18.2 Å². The third kappa shape index (κ3) is 3.14. The van der Waals surface area contributed by atoms with Crippen molar-refractivity contribution in [2.75, 3.05) is 0 Å². The predicted molar refractivity (Wildman–Crippen MR) is 75.3 cm³/mol. The number of hydrogen-bond acceptors (Lipinski definition) is 5. The first kappa shape index (κ1) is 13.1. The normalized spacial score (nSPS) is 10.3. The van der Waals surface area contributed by atoms with Gasteiger partial charge in [0.25, 0.3) is 0 Å². The van der Waals surface area contributed by atoms with Gasteiger partial charge in [-0.15, -0.1) is 0 Å². The number of esters is 1. The van der Waals surface area contributed by atoms with E-state index in [4.69, 9.17) is 9.15 Å². The Morgan fingerprint density at radius 1 is 1.10 bits per heavy atom. The molecule has 5 nitrogen and oxygen atoms in total. The van der Waals surface area contributed by atoms with E-state index in [-0.39, 0.29) is 6.61 Å². The fourth-order valence-electron chi connectivity index (χ4n) is 1.80. The molecule has 104 valence electrons. The van der Waals surface area contributed by atoms with E-state index in [0.717, 1.165) is 5.56 Å². The third-order valence-electron chi connectivity index (χ3n) is 2.84. The van der Waals surface area contributed by atoms with Gasteiger partial charge in [-0.05, 0) is 24.3 Å². The lowest BCUT2D eigenvalue weighted by Crippen LogP contribution is -2.04. The summed E-state index contributed by atoms with van der Waals surface area (Å²) in [5, 5.41) is 0. The number of carbonyl (C=O) groups is 1. The molecule has 5 heteroatoms. The Labute approximate surface area is 121 Å². The largest absolute Gasteiger partial charge is 0.454 e. The maximum absolute atomic E-state index is 11.8. The van der Waals surface area contributed by atoms with Crippen LogP contribution in [0, 0.1) is 0 Å². The van der Waals surface area contributed by atoms with Gasteiger partial charge in [0.1, 0.15) is 0 Å². The highest BCUT2D eigenvalue weighted by atomic mass is 16.5. The third-order valence-corrected chi connectivity index (χ3v) is 2.84. The van der Waals surface area contributed by atoms with Crippen molar-refractivity contribution in [2.45, 2.75) is 6.61 Å². The Kier molecular flexibility index (Phi) is 3.73. The number of ether oxygens (including phenoxy) is 1. The lowest BCUT2D eigenvalue weighted by Gasteiger charge is -2.01. The summed E-state index contributed by atoms with van der Waals surface area (Å²) in [5.74, 6) is 0.580. The molecule has 3 aromatic rings. The molecule has 1 aromatic carbocycles. The fourth-order valence-corrected chi connectivity index (χ4v) is 1.80. The summed E-state index contributed by atoms with van der Waals surface area (Å²) in [6.07, 6.45) is 4.64. The van der Waals surface area contributed by atoms with Gasteiger partial charge in [0.05, 0.1) is 11.8 Å². The van der Waals surface area contributed by atoms with Gasteiger partial charge in [0.2, 0.25) is 5.89 Å². The van der Waals surface area contributed by atoms with Gasteiger partial charge in [0.15, 0.2) is 12.4 Å². The second-order valence-electron chi connectivity index (χ2n) is 4.31. The number of rotatable bonds is 4. The second kappa shape index (κ2) is 6.00. The van der Waals surface area contributed by atoms with Crippen LogP contribution in [-0.2, 0) is 11.3 Å². The van der Waals surface area contributed by atoms with Crippen molar-refractivity contribution in [1.29, 1.82) is 0 Å². The van der Waals surface area contributed by atoms with Gasteiger partial charge >= 0.3 is 5.97 Å². The number of benzene rings is 1. The first-order chi connectivity index (χ1) is 10.3. The molecule has 0 N–H and O–H groups in total. The second-order valence-corrected chi connectivity index (χ2v) is 4.31. The van der Waals surface area contributed by atoms with Crippen molar-refractivity contribution in [3.63, 3.8) is 0 Å². The molecule has 0 saturated carbocycles. The standard InChI is InChI=1S/C16H12N2O3/c19-16(13-6-8-17-9-7-13)20-11-14-10-18-15(21-14)12-4-2-1-3-5-12/h1-10H,11H2. The summed E-state index contributed by atoms with van der Waals surface area (Å²) in [4.78, 5) is 19.8. The van der Waals surface area contributed by atoms with Crippen LogP contribution in [0.3, 0.4) is 0 Å². The molecule has 0 atom stereocenters. The lowest BCUT2D eigenvalue weighted by molar-refractivity contribution is 0.0446. The van der Waals surface area contributed by atoms with E-state index >= 15 is 0 Å². The molecule has 0 bridgehead atoms. The van der Waals surface area contributed by atoms with Crippen molar-refractivity contribution in [3.05, 3.63) is 72.4 Å². The maximum Gasteiger partial charge on any atom is 0.338 e. The molecule has 0 unspecified atom stereocenters. The van der Waals surface area contributed by atoms with Gasteiger partial charge < -0.3 is 9.15 Å². The van der Waals surface area contributed by atoms with Crippen LogP contribution in [0.2, 0.25) is 0 Å². The zero-order chi connectivity index (χ0) is 14.5. The van der Waals surface area contributed by atoms with E-state index in [2.05, 4.69) is 9.97 Å². The Balaban J connectivity index is 1.64. The SMILES string of the molecule is O=C(OCc1cnc(-c2ccccc2)o1)c1ccncc1. The Bertz CT molecular complexity index is 724. The van der Waals surface area contributed by atoms with Crippen molar-refractivity contribution in [2.24, 2.45) is 0 Å². The van der Waals surface area contributed by atoms with Crippen LogP contribution in [0.1, 0.15) is 16.1 Å². The fraction of sp³-hybridized carbons (Fsp3) is 0.0625. The van der Waals surface area contributed by atoms with Crippen molar-refractivity contribution < 1.29 is 13.9 Å². The molecule has 2 heterocycles. The number of oxazole rings is 1. The smallest absolute Gasteiger partial charge is 0.338 e. The van der Waals surface area contributed by atoms with Crippen LogP contribution in [0.4, 0.5) is 0 Å². The zero-order valence-corrected chi connectivity index (χ0v) is 11.1. The van der Waals surface area contributed by atoms with Crippen LogP contribution in [0.15, 0.2) is 65.5 Å². The molecule has 0 aliphatic carbocycles. The molecule has 3 rings (SSSR count). The number of aromatic nitrogens is 2. The molecule has 21 heavy (non-hydrogen) atoms. The van der Waals surface area contributed by atoms with Gasteiger partial charge in [0, 0.05) is 18.0 Å². The number of pyridine rings is 1. The highest BCUT2D eigenvalue weighted by Crippen LogP contribution is 2.19. The number of hydrogen-bond donors (Lipinski definition) is 0. The van der Waals surface area contributed by atoms with Gasteiger partial charge in [-0.3, -0.25) is 4.98 Å². The van der Waals surface area contributed by atoms with Crippen LogP contribution in [-0.4, -0.2) is 15.9 Å². The summed E-state index contributed by atoms with van der Waals surface area (Å²) in [6, 6.07) is 12.7. The highest BCUT2D eigenvalue weighted by Gasteiger charge is 2.10. The quantitative estimate of drug-likeness (QED) is 0.687. The zero-order valence-electron chi connectivity index (χ0n) is 11.1. The molecule has 0 saturated heterocycles. The summed E-state index contributed by atoms with van der Waals surface area (Å²) >= 11 is 0. The summed E-state index contributed by atoms with van der Waals surface area (Å²) in [7, 11) is 0. The summed E-state index contributed by atoms with van der Waals surface area (Å²) in [6.45, 7) is 0.0426. The van der Waals surface area contributed by atoms with Crippen molar-refractivity contribution in [3.8, 4) is 11.5 Å². The van der Waals surface area contributed by atoms with Crippen LogP contribution in [0.25, 0.3) is 11.5 Å². The maximum atomic E-state index is 11.8. The number of nitrogens with zero attached hydrogens (tertiary/aromatic N) is 2. The molecule has 0 aliphatic rings. The Hall–Kier alpha value is -2.95. The molecular weight excluding hydrogens is 268 g/mol. The highest BCUT2D eigenvalue weighted by molar-refractivity contribution is 5.89. The Morgan fingerprint density at radius 3 is 2.62 bits per heavy atom. The van der Waals surface area contributed by atoms with Crippen LogP contribution in [0.5, 0.6) is 0 Å². The van der Waals surface area contributed by atoms with Crippen molar-refractivity contribution >= 4 is 5.97 Å². The van der Waals surface area contributed by atoms with E-state index in [1.807, 2.05) is 30.3 Å². The van der Waals surface area contributed by atoms with Crippen LogP contribution < -0.4 is 0 Å². The minimum atomic E-state index is -0.421. The molecule has 0 amide bonds. The first-order valence-electron chi connectivity index (χ1n) is 6.40.